The highest BCUT2D eigenvalue weighted by Crippen LogP contribution is 2.23. The molecule has 0 aliphatic heterocycles. The van der Waals surface area contributed by atoms with Crippen LogP contribution in [0.2, 0.25) is 0 Å². The molecule has 7 nitrogen and oxygen atoms in total. The highest BCUT2D eigenvalue weighted by atomic mass is 16.5. The average molecular weight is 312 g/mol. The van der Waals surface area contributed by atoms with Crippen LogP contribution in [0.25, 0.3) is 0 Å². The van der Waals surface area contributed by atoms with Crippen molar-refractivity contribution in [1.82, 2.24) is 9.97 Å². The molecule has 1 aromatic heterocycles. The minimum absolute atomic E-state index is 0.256. The lowest BCUT2D eigenvalue weighted by Crippen LogP contribution is -2.15. The molecule has 1 fully saturated rings. The van der Waals surface area contributed by atoms with Gasteiger partial charge in [0.1, 0.15) is 17.8 Å². The SMILES string of the molecule is COC(=O)c1cccc(NC(=O)c2cc(NC3CC3)ncn2)c1. The molecule has 3 rings (SSSR count). The number of nitrogens with one attached hydrogen (secondary N) is 2. The van der Waals surface area contributed by atoms with E-state index in [9.17, 15) is 9.59 Å². The maximum Gasteiger partial charge on any atom is 0.337 e. The molecule has 0 spiro atoms. The van der Waals surface area contributed by atoms with Crippen LogP contribution in [0.1, 0.15) is 33.7 Å². The zero-order valence-corrected chi connectivity index (χ0v) is 12.6. The highest BCUT2D eigenvalue weighted by Gasteiger charge is 2.21. The Labute approximate surface area is 133 Å². The fourth-order valence-electron chi connectivity index (χ4n) is 2.03. The lowest BCUT2D eigenvalue weighted by molar-refractivity contribution is 0.0600. The molecule has 23 heavy (non-hydrogen) atoms. The normalized spacial score (nSPS) is 13.3. The number of benzene rings is 1. The molecule has 0 atom stereocenters. The second-order valence-corrected chi connectivity index (χ2v) is 5.23. The third-order valence-electron chi connectivity index (χ3n) is 3.37. The van der Waals surface area contributed by atoms with E-state index in [4.69, 9.17) is 0 Å². The Morgan fingerprint density at radius 1 is 1.22 bits per heavy atom. The van der Waals surface area contributed by atoms with Crippen LogP contribution in [0, 0.1) is 0 Å². The number of hydrogen-bond acceptors (Lipinski definition) is 6. The molecule has 1 heterocycles. The van der Waals surface area contributed by atoms with Gasteiger partial charge in [0.2, 0.25) is 0 Å². The summed E-state index contributed by atoms with van der Waals surface area (Å²) in [5, 5.41) is 5.92. The molecule has 118 valence electrons. The van der Waals surface area contributed by atoms with Crippen LogP contribution in [0.4, 0.5) is 11.5 Å². The highest BCUT2D eigenvalue weighted by molar-refractivity contribution is 6.03. The van der Waals surface area contributed by atoms with Crippen LogP contribution in [0.15, 0.2) is 36.7 Å². The number of carbonyl (C=O) groups excluding carboxylic acids is 2. The molecule has 2 N–H and O–H groups in total. The molecule has 1 saturated carbocycles. The van der Waals surface area contributed by atoms with E-state index in [0.717, 1.165) is 12.8 Å². The number of hydrogen-bond donors (Lipinski definition) is 2. The molecule has 0 radical (unpaired) electrons. The first-order valence-electron chi connectivity index (χ1n) is 7.24. The molecule has 0 saturated heterocycles. The number of anilines is 2. The Kier molecular flexibility index (Phi) is 4.18. The second-order valence-electron chi connectivity index (χ2n) is 5.23. The van der Waals surface area contributed by atoms with Crippen LogP contribution in [-0.2, 0) is 4.74 Å². The van der Waals surface area contributed by atoms with Crippen LogP contribution >= 0.6 is 0 Å². The summed E-state index contributed by atoms with van der Waals surface area (Å²) < 4.78 is 4.66. The fourth-order valence-corrected chi connectivity index (χ4v) is 2.03. The van der Waals surface area contributed by atoms with Gasteiger partial charge in [-0.05, 0) is 31.0 Å². The van der Waals surface area contributed by atoms with Crippen LogP contribution in [0.5, 0.6) is 0 Å². The van der Waals surface area contributed by atoms with Gasteiger partial charge < -0.3 is 15.4 Å². The van der Waals surface area contributed by atoms with Crippen molar-refractivity contribution in [1.29, 1.82) is 0 Å². The Morgan fingerprint density at radius 2 is 2.04 bits per heavy atom. The fraction of sp³-hybridized carbons (Fsp3) is 0.250. The summed E-state index contributed by atoms with van der Waals surface area (Å²) in [6.45, 7) is 0. The number of rotatable bonds is 5. The van der Waals surface area contributed by atoms with E-state index < -0.39 is 5.97 Å². The number of methoxy groups -OCH3 is 1. The molecule has 7 heteroatoms. The molecule has 0 bridgehead atoms. The van der Waals surface area contributed by atoms with E-state index in [-0.39, 0.29) is 11.6 Å². The van der Waals surface area contributed by atoms with E-state index in [1.54, 1.807) is 30.3 Å². The lowest BCUT2D eigenvalue weighted by Gasteiger charge is -2.08. The van der Waals surface area contributed by atoms with Crippen molar-refractivity contribution in [2.45, 2.75) is 18.9 Å². The quantitative estimate of drug-likeness (QED) is 0.821. The summed E-state index contributed by atoms with van der Waals surface area (Å²) >= 11 is 0. The molecule has 1 aromatic carbocycles. The first-order valence-corrected chi connectivity index (χ1v) is 7.24. The van der Waals surface area contributed by atoms with Crippen LogP contribution < -0.4 is 10.6 Å². The largest absolute Gasteiger partial charge is 0.465 e. The smallest absolute Gasteiger partial charge is 0.337 e. The number of nitrogens with zero attached hydrogens (tertiary/aromatic N) is 2. The van der Waals surface area contributed by atoms with Gasteiger partial charge in [-0.3, -0.25) is 4.79 Å². The minimum Gasteiger partial charge on any atom is -0.465 e. The first-order chi connectivity index (χ1) is 11.2. The molecule has 1 aliphatic rings. The first kappa shape index (κ1) is 15.0. The van der Waals surface area contributed by atoms with Gasteiger partial charge in [-0.2, -0.15) is 0 Å². The van der Waals surface area contributed by atoms with Gasteiger partial charge in [-0.15, -0.1) is 0 Å². The predicted molar refractivity (Wildman–Crippen MR) is 84.4 cm³/mol. The zero-order valence-electron chi connectivity index (χ0n) is 12.6. The van der Waals surface area contributed by atoms with Crippen molar-refractivity contribution in [2.75, 3.05) is 17.7 Å². The summed E-state index contributed by atoms with van der Waals surface area (Å²) in [5.74, 6) is -0.191. The lowest BCUT2D eigenvalue weighted by atomic mass is 10.2. The van der Waals surface area contributed by atoms with E-state index in [1.807, 2.05) is 0 Å². The van der Waals surface area contributed by atoms with Crippen LogP contribution in [-0.4, -0.2) is 35.0 Å². The van der Waals surface area contributed by atoms with Gasteiger partial charge in [-0.1, -0.05) is 6.07 Å². The van der Waals surface area contributed by atoms with Gasteiger partial charge >= 0.3 is 5.97 Å². The number of aromatic nitrogens is 2. The standard InChI is InChI=1S/C16H16N4O3/c1-23-16(22)10-3-2-4-12(7-10)20-15(21)13-8-14(18-9-17-13)19-11-5-6-11/h2-4,7-9,11H,5-6H2,1H3,(H,20,21)(H,17,18,19). The number of amides is 1. The van der Waals surface area contributed by atoms with E-state index in [2.05, 4.69) is 25.3 Å². The molecular formula is C16H16N4O3. The van der Waals surface area contributed by atoms with E-state index >= 15 is 0 Å². The molecule has 1 amide bonds. The van der Waals surface area contributed by atoms with Gasteiger partial charge in [0.25, 0.3) is 5.91 Å². The summed E-state index contributed by atoms with van der Waals surface area (Å²) in [5.41, 5.74) is 1.11. The number of carbonyl (C=O) groups is 2. The number of esters is 1. The monoisotopic (exact) mass is 312 g/mol. The Morgan fingerprint density at radius 3 is 2.78 bits per heavy atom. The van der Waals surface area contributed by atoms with E-state index in [0.29, 0.717) is 23.1 Å². The summed E-state index contributed by atoms with van der Waals surface area (Å²) in [4.78, 5) is 31.9. The maximum absolute atomic E-state index is 12.3. The predicted octanol–water partition coefficient (Wildman–Crippen LogP) is 2.09. The molecule has 1 aliphatic carbocycles. The molecular weight excluding hydrogens is 296 g/mol. The topological polar surface area (TPSA) is 93.2 Å². The summed E-state index contributed by atoms with van der Waals surface area (Å²) in [6, 6.07) is 8.57. The van der Waals surface area contributed by atoms with Gasteiger partial charge in [0.05, 0.1) is 12.7 Å². The van der Waals surface area contributed by atoms with Crippen molar-refractivity contribution in [3.63, 3.8) is 0 Å². The second kappa shape index (κ2) is 6.43. The Hall–Kier alpha value is -2.96. The maximum atomic E-state index is 12.3. The van der Waals surface area contributed by atoms with Crippen molar-refractivity contribution < 1.29 is 14.3 Å². The van der Waals surface area contributed by atoms with Crippen molar-refractivity contribution >= 4 is 23.4 Å². The van der Waals surface area contributed by atoms with Crippen molar-refractivity contribution in [3.05, 3.63) is 47.9 Å². The third kappa shape index (κ3) is 3.82. The van der Waals surface area contributed by atoms with E-state index in [1.165, 1.54) is 13.4 Å². The Bertz CT molecular complexity index is 744. The van der Waals surface area contributed by atoms with Crippen molar-refractivity contribution in [2.24, 2.45) is 0 Å². The van der Waals surface area contributed by atoms with Crippen molar-refractivity contribution in [3.8, 4) is 0 Å². The average Bonchev–Trinajstić information content (AvgIpc) is 3.38. The molecule has 2 aromatic rings. The van der Waals surface area contributed by atoms with Crippen LogP contribution in [0.3, 0.4) is 0 Å². The number of ether oxygens (including phenoxy) is 1. The zero-order chi connectivity index (χ0) is 16.2. The van der Waals surface area contributed by atoms with Gasteiger partial charge in [0, 0.05) is 17.8 Å². The van der Waals surface area contributed by atoms with Gasteiger partial charge in [-0.25, -0.2) is 14.8 Å². The van der Waals surface area contributed by atoms with Gasteiger partial charge in [0.15, 0.2) is 0 Å². The molecule has 0 unspecified atom stereocenters. The minimum atomic E-state index is -0.459. The summed E-state index contributed by atoms with van der Waals surface area (Å²) in [7, 11) is 1.31. The Balaban J connectivity index is 1.72. The summed E-state index contributed by atoms with van der Waals surface area (Å²) in [6.07, 6.45) is 3.59. The third-order valence-corrected chi connectivity index (χ3v) is 3.37.